The second kappa shape index (κ2) is 8.44. The van der Waals surface area contributed by atoms with Crippen molar-refractivity contribution in [3.8, 4) is 0 Å². The van der Waals surface area contributed by atoms with E-state index in [1.807, 2.05) is 0 Å². The van der Waals surface area contributed by atoms with Gasteiger partial charge in [0.15, 0.2) is 0 Å². The van der Waals surface area contributed by atoms with E-state index in [0.29, 0.717) is 26.1 Å². The molecule has 5 nitrogen and oxygen atoms in total. The van der Waals surface area contributed by atoms with Crippen molar-refractivity contribution in [2.24, 2.45) is 11.1 Å². The van der Waals surface area contributed by atoms with E-state index in [0.717, 1.165) is 6.42 Å². The van der Waals surface area contributed by atoms with Crippen LogP contribution in [0.5, 0.6) is 0 Å². The summed E-state index contributed by atoms with van der Waals surface area (Å²) in [5, 5.41) is 2.90. The minimum atomic E-state index is -0.197. The van der Waals surface area contributed by atoms with E-state index in [2.05, 4.69) is 19.2 Å². The molecule has 1 atom stereocenters. The zero-order chi connectivity index (χ0) is 13.3. The molecule has 102 valence electrons. The fraction of sp³-hybridized carbons (Fsp3) is 0.917. The quantitative estimate of drug-likeness (QED) is 0.622. The third-order valence-corrected chi connectivity index (χ3v) is 2.76. The maximum absolute atomic E-state index is 11.6. The van der Waals surface area contributed by atoms with E-state index >= 15 is 0 Å². The van der Waals surface area contributed by atoms with Gasteiger partial charge in [-0.15, -0.1) is 0 Å². The highest BCUT2D eigenvalue weighted by atomic mass is 16.5. The molecule has 5 heteroatoms. The minimum absolute atomic E-state index is 0.0206. The zero-order valence-electron chi connectivity index (χ0n) is 11.4. The monoisotopic (exact) mass is 246 g/mol. The van der Waals surface area contributed by atoms with Gasteiger partial charge >= 0.3 is 0 Å². The van der Waals surface area contributed by atoms with Gasteiger partial charge in [-0.3, -0.25) is 4.79 Å². The molecule has 0 heterocycles. The van der Waals surface area contributed by atoms with Gasteiger partial charge in [0.2, 0.25) is 5.91 Å². The van der Waals surface area contributed by atoms with Crippen molar-refractivity contribution in [3.63, 3.8) is 0 Å². The lowest BCUT2D eigenvalue weighted by molar-refractivity contribution is -0.123. The average Bonchev–Trinajstić information content (AvgIpc) is 2.31. The highest BCUT2D eigenvalue weighted by molar-refractivity contribution is 5.76. The number of amides is 1. The van der Waals surface area contributed by atoms with Crippen molar-refractivity contribution in [2.75, 3.05) is 33.9 Å². The van der Waals surface area contributed by atoms with Crippen molar-refractivity contribution < 1.29 is 14.3 Å². The molecule has 0 rings (SSSR count). The molecule has 0 bridgehead atoms. The van der Waals surface area contributed by atoms with Crippen LogP contribution in [-0.4, -0.2) is 45.9 Å². The predicted molar refractivity (Wildman–Crippen MR) is 67.8 cm³/mol. The number of nitrogens with one attached hydrogen (secondary N) is 1. The van der Waals surface area contributed by atoms with Crippen molar-refractivity contribution in [1.29, 1.82) is 0 Å². The summed E-state index contributed by atoms with van der Waals surface area (Å²) < 4.78 is 10.1. The molecule has 0 aromatic heterocycles. The summed E-state index contributed by atoms with van der Waals surface area (Å²) in [4.78, 5) is 11.6. The molecule has 1 unspecified atom stereocenters. The van der Waals surface area contributed by atoms with Crippen molar-refractivity contribution in [3.05, 3.63) is 0 Å². The Morgan fingerprint density at radius 2 is 2.06 bits per heavy atom. The Labute approximate surface area is 104 Å². The first kappa shape index (κ1) is 16.4. The van der Waals surface area contributed by atoms with E-state index in [9.17, 15) is 4.79 Å². The van der Waals surface area contributed by atoms with E-state index in [-0.39, 0.29) is 17.4 Å². The van der Waals surface area contributed by atoms with Crippen LogP contribution in [0.2, 0.25) is 0 Å². The molecule has 0 aliphatic carbocycles. The maximum Gasteiger partial charge on any atom is 0.222 e. The predicted octanol–water partition coefficient (Wildman–Crippen LogP) is 0.529. The summed E-state index contributed by atoms with van der Waals surface area (Å²) in [5.41, 5.74) is 5.50. The molecular weight excluding hydrogens is 220 g/mol. The lowest BCUT2D eigenvalue weighted by Gasteiger charge is -2.25. The molecule has 0 radical (unpaired) electrons. The number of rotatable bonds is 9. The maximum atomic E-state index is 11.6. The zero-order valence-corrected chi connectivity index (χ0v) is 11.4. The van der Waals surface area contributed by atoms with E-state index in [4.69, 9.17) is 15.2 Å². The molecule has 0 aliphatic rings. The molecule has 0 aliphatic heterocycles. The number of ether oxygens (including phenoxy) is 2. The molecule has 0 saturated heterocycles. The normalized spacial score (nSPS) is 13.5. The summed E-state index contributed by atoms with van der Waals surface area (Å²) >= 11 is 0. The Balaban J connectivity index is 3.89. The number of carbonyl (C=O) groups is 1. The van der Waals surface area contributed by atoms with Crippen molar-refractivity contribution in [1.82, 2.24) is 5.32 Å². The standard InChI is InChI=1S/C12H26N2O3/c1-12(2,5-6-16-3)9-14-11(15)7-10(8-13)17-4/h10H,5-9,13H2,1-4H3,(H,14,15). The van der Waals surface area contributed by atoms with Crippen LogP contribution in [0.15, 0.2) is 0 Å². The number of nitrogens with two attached hydrogens (primary N) is 1. The second-order valence-corrected chi connectivity index (χ2v) is 4.98. The van der Waals surface area contributed by atoms with Gasteiger partial charge in [0.25, 0.3) is 0 Å². The molecule has 0 aromatic carbocycles. The van der Waals surface area contributed by atoms with Crippen LogP contribution in [0.3, 0.4) is 0 Å². The van der Waals surface area contributed by atoms with Gasteiger partial charge in [-0.25, -0.2) is 0 Å². The molecule has 0 fully saturated rings. The Morgan fingerprint density at radius 1 is 1.41 bits per heavy atom. The second-order valence-electron chi connectivity index (χ2n) is 4.98. The number of hydrogen-bond acceptors (Lipinski definition) is 4. The van der Waals surface area contributed by atoms with Gasteiger partial charge < -0.3 is 20.5 Å². The largest absolute Gasteiger partial charge is 0.385 e. The number of carbonyl (C=O) groups excluding carboxylic acids is 1. The lowest BCUT2D eigenvalue weighted by atomic mass is 9.89. The summed E-state index contributed by atoms with van der Waals surface area (Å²) in [6.45, 7) is 5.89. The average molecular weight is 246 g/mol. The van der Waals surface area contributed by atoms with Crippen LogP contribution in [0.4, 0.5) is 0 Å². The van der Waals surface area contributed by atoms with E-state index in [1.165, 1.54) is 0 Å². The highest BCUT2D eigenvalue weighted by Gasteiger charge is 2.19. The first-order chi connectivity index (χ1) is 7.95. The fourth-order valence-corrected chi connectivity index (χ4v) is 1.35. The number of hydrogen-bond donors (Lipinski definition) is 2. The first-order valence-electron chi connectivity index (χ1n) is 5.93. The fourth-order valence-electron chi connectivity index (χ4n) is 1.35. The van der Waals surface area contributed by atoms with Crippen molar-refractivity contribution in [2.45, 2.75) is 32.8 Å². The van der Waals surface area contributed by atoms with Gasteiger partial charge in [-0.2, -0.15) is 0 Å². The molecule has 0 aromatic rings. The van der Waals surface area contributed by atoms with Crippen LogP contribution in [0.25, 0.3) is 0 Å². The SMILES string of the molecule is COCCC(C)(C)CNC(=O)CC(CN)OC. The van der Waals surface area contributed by atoms with Crippen LogP contribution >= 0.6 is 0 Å². The van der Waals surface area contributed by atoms with Gasteiger partial charge in [-0.05, 0) is 11.8 Å². The summed E-state index contributed by atoms with van der Waals surface area (Å²) in [6.07, 6.45) is 1.03. The van der Waals surface area contributed by atoms with E-state index in [1.54, 1.807) is 14.2 Å². The smallest absolute Gasteiger partial charge is 0.222 e. The molecule has 17 heavy (non-hydrogen) atoms. The Morgan fingerprint density at radius 3 is 2.53 bits per heavy atom. The van der Waals surface area contributed by atoms with Crippen molar-refractivity contribution >= 4 is 5.91 Å². The molecule has 0 saturated carbocycles. The summed E-state index contributed by atoms with van der Waals surface area (Å²) in [7, 11) is 3.24. The van der Waals surface area contributed by atoms with E-state index < -0.39 is 0 Å². The Kier molecular flexibility index (Phi) is 8.12. The van der Waals surface area contributed by atoms with Gasteiger partial charge in [0.1, 0.15) is 0 Å². The van der Waals surface area contributed by atoms with Crippen LogP contribution in [0, 0.1) is 5.41 Å². The van der Waals surface area contributed by atoms with Crippen LogP contribution in [-0.2, 0) is 14.3 Å². The topological polar surface area (TPSA) is 73.6 Å². The summed E-state index contributed by atoms with van der Waals surface area (Å²) in [6, 6.07) is 0. The number of methoxy groups -OCH3 is 2. The highest BCUT2D eigenvalue weighted by Crippen LogP contribution is 2.18. The molecular formula is C12H26N2O3. The molecule has 0 spiro atoms. The molecule has 3 N–H and O–H groups in total. The summed E-state index contributed by atoms with van der Waals surface area (Å²) in [5.74, 6) is -0.0206. The Bertz CT molecular complexity index is 216. The van der Waals surface area contributed by atoms with Gasteiger partial charge in [0.05, 0.1) is 12.5 Å². The van der Waals surface area contributed by atoms with Crippen LogP contribution < -0.4 is 11.1 Å². The van der Waals surface area contributed by atoms with Crippen LogP contribution in [0.1, 0.15) is 26.7 Å². The minimum Gasteiger partial charge on any atom is -0.385 e. The Hall–Kier alpha value is -0.650. The first-order valence-corrected chi connectivity index (χ1v) is 5.93. The lowest BCUT2D eigenvalue weighted by Crippen LogP contribution is -2.37. The third kappa shape index (κ3) is 8.12. The molecule has 1 amide bonds. The van der Waals surface area contributed by atoms with Gasteiger partial charge in [-0.1, -0.05) is 13.8 Å². The van der Waals surface area contributed by atoms with Gasteiger partial charge in [0, 0.05) is 33.9 Å². The third-order valence-electron chi connectivity index (χ3n) is 2.76.